The number of hydrogen-bond acceptors (Lipinski definition) is 5. The first-order valence-electron chi connectivity index (χ1n) is 9.77. The Morgan fingerprint density at radius 1 is 1.25 bits per heavy atom. The van der Waals surface area contributed by atoms with Crippen LogP contribution in [0.1, 0.15) is 30.1 Å². The van der Waals surface area contributed by atoms with Gasteiger partial charge in [-0.05, 0) is 25.3 Å². The smallest absolute Gasteiger partial charge is 0.191 e. The zero-order chi connectivity index (χ0) is 20.4. The van der Waals surface area contributed by atoms with Crippen molar-refractivity contribution in [3.05, 3.63) is 35.4 Å². The van der Waals surface area contributed by atoms with Crippen LogP contribution in [0.4, 0.5) is 0 Å². The van der Waals surface area contributed by atoms with E-state index in [0.717, 1.165) is 26.0 Å². The van der Waals surface area contributed by atoms with Gasteiger partial charge in [-0.3, -0.25) is 4.99 Å². The van der Waals surface area contributed by atoms with Crippen LogP contribution in [-0.4, -0.2) is 66.3 Å². The minimum Gasteiger partial charge on any atom is -0.379 e. The molecule has 0 radical (unpaired) electrons. The van der Waals surface area contributed by atoms with Gasteiger partial charge in [0.05, 0.1) is 25.1 Å². The summed E-state index contributed by atoms with van der Waals surface area (Å²) in [6, 6.07) is 8.56. The Kier molecular flexibility index (Phi) is 9.21. The number of benzene rings is 1. The first-order chi connectivity index (χ1) is 13.4. The first kappa shape index (κ1) is 22.6. The van der Waals surface area contributed by atoms with Gasteiger partial charge in [0.25, 0.3) is 0 Å². The van der Waals surface area contributed by atoms with E-state index in [0.29, 0.717) is 25.0 Å². The molecule has 2 N–H and O–H groups in total. The summed E-state index contributed by atoms with van der Waals surface area (Å²) < 4.78 is 33.5. The lowest BCUT2D eigenvalue weighted by Gasteiger charge is -2.32. The molecule has 1 aromatic rings. The maximum absolute atomic E-state index is 11.1. The summed E-state index contributed by atoms with van der Waals surface area (Å²) in [5, 5.41) is 6.57. The van der Waals surface area contributed by atoms with Gasteiger partial charge in [0, 0.05) is 38.9 Å². The van der Waals surface area contributed by atoms with E-state index in [9.17, 15) is 8.42 Å². The molecule has 0 aliphatic carbocycles. The Morgan fingerprint density at radius 3 is 2.68 bits per heavy atom. The van der Waals surface area contributed by atoms with Gasteiger partial charge in [-0.2, -0.15) is 0 Å². The Bertz CT molecular complexity index is 719. The van der Waals surface area contributed by atoms with E-state index in [2.05, 4.69) is 46.8 Å². The Labute approximate surface area is 168 Å². The Hall–Kier alpha value is -1.64. The van der Waals surface area contributed by atoms with E-state index in [1.165, 1.54) is 17.4 Å². The van der Waals surface area contributed by atoms with Crippen LogP contribution in [0.2, 0.25) is 0 Å². The minimum atomic E-state index is -2.98. The van der Waals surface area contributed by atoms with E-state index in [1.54, 1.807) is 7.05 Å². The summed E-state index contributed by atoms with van der Waals surface area (Å²) in [6.45, 7) is 4.86. The average Bonchev–Trinajstić information content (AvgIpc) is 2.67. The van der Waals surface area contributed by atoms with Crippen molar-refractivity contribution in [1.82, 2.24) is 10.6 Å². The van der Waals surface area contributed by atoms with Crippen molar-refractivity contribution >= 4 is 15.8 Å². The van der Waals surface area contributed by atoms with E-state index < -0.39 is 9.84 Å². The molecular weight excluding hydrogens is 378 g/mol. The average molecular weight is 412 g/mol. The maximum atomic E-state index is 11.1. The molecular formula is C20H33N3O4S. The predicted molar refractivity (Wildman–Crippen MR) is 112 cm³/mol. The molecule has 0 amide bonds. The van der Waals surface area contributed by atoms with Gasteiger partial charge in [-0.15, -0.1) is 0 Å². The number of aliphatic imine (C=N–C) groups is 1. The number of guanidine groups is 1. The summed E-state index contributed by atoms with van der Waals surface area (Å²) in [6.07, 6.45) is 3.48. The van der Waals surface area contributed by atoms with Gasteiger partial charge in [0.1, 0.15) is 9.84 Å². The zero-order valence-corrected chi connectivity index (χ0v) is 17.9. The highest BCUT2D eigenvalue weighted by Crippen LogP contribution is 2.33. The van der Waals surface area contributed by atoms with Gasteiger partial charge < -0.3 is 20.1 Å². The van der Waals surface area contributed by atoms with Crippen molar-refractivity contribution in [2.75, 3.05) is 52.0 Å². The summed E-state index contributed by atoms with van der Waals surface area (Å²) in [5.41, 5.74) is 2.47. The quantitative estimate of drug-likeness (QED) is 0.365. The Morgan fingerprint density at radius 2 is 2.00 bits per heavy atom. The number of ether oxygens (including phenoxy) is 2. The molecule has 1 aliphatic heterocycles. The minimum absolute atomic E-state index is 0.0437. The number of hydrogen-bond donors (Lipinski definition) is 2. The zero-order valence-electron chi connectivity index (χ0n) is 17.1. The van der Waals surface area contributed by atoms with Crippen LogP contribution in [0.25, 0.3) is 0 Å². The molecule has 7 nitrogen and oxygen atoms in total. The largest absolute Gasteiger partial charge is 0.379 e. The second-order valence-electron chi connectivity index (χ2n) is 7.23. The molecule has 8 heteroatoms. The van der Waals surface area contributed by atoms with Gasteiger partial charge in [-0.25, -0.2) is 8.42 Å². The van der Waals surface area contributed by atoms with Crippen LogP contribution in [0.15, 0.2) is 29.3 Å². The maximum Gasteiger partial charge on any atom is 0.191 e. The molecule has 1 saturated heterocycles. The molecule has 2 atom stereocenters. The topological polar surface area (TPSA) is 89.0 Å². The molecule has 1 aromatic carbocycles. The molecule has 28 heavy (non-hydrogen) atoms. The lowest BCUT2D eigenvalue weighted by Crippen LogP contribution is -2.43. The molecule has 0 spiro atoms. The van der Waals surface area contributed by atoms with Gasteiger partial charge in [0.2, 0.25) is 0 Å². The molecule has 0 saturated carbocycles. The molecule has 0 aromatic heterocycles. The highest BCUT2D eigenvalue weighted by molar-refractivity contribution is 7.90. The highest BCUT2D eigenvalue weighted by atomic mass is 32.2. The second kappa shape index (κ2) is 11.4. The fourth-order valence-corrected chi connectivity index (χ4v) is 3.60. The van der Waals surface area contributed by atoms with E-state index >= 15 is 0 Å². The molecule has 2 rings (SSSR count). The summed E-state index contributed by atoms with van der Waals surface area (Å²) in [7, 11) is -1.25. The summed E-state index contributed by atoms with van der Waals surface area (Å²) in [4.78, 5) is 4.24. The number of nitrogens with zero attached hydrogens (tertiary/aromatic N) is 1. The fourth-order valence-electron chi connectivity index (χ4n) is 3.18. The van der Waals surface area contributed by atoms with Gasteiger partial charge in [-0.1, -0.05) is 29.8 Å². The summed E-state index contributed by atoms with van der Waals surface area (Å²) >= 11 is 0. The lowest BCUT2D eigenvalue weighted by atomic mass is 9.89. The Balaban J connectivity index is 1.75. The van der Waals surface area contributed by atoms with Crippen molar-refractivity contribution < 1.29 is 17.9 Å². The van der Waals surface area contributed by atoms with Crippen molar-refractivity contribution in [2.24, 2.45) is 10.9 Å². The van der Waals surface area contributed by atoms with Crippen LogP contribution < -0.4 is 10.6 Å². The third kappa shape index (κ3) is 8.16. The van der Waals surface area contributed by atoms with Crippen LogP contribution >= 0.6 is 0 Å². The van der Waals surface area contributed by atoms with Crippen molar-refractivity contribution in [2.45, 2.75) is 25.9 Å². The standard InChI is InChI=1S/C20H33N3O4S/c1-16-6-8-17(9-7-16)19-18(5-4-11-27-19)15-23-20(21-2)22-10-12-26-13-14-28(3,24)25/h6-9,18-19H,4-5,10-15H2,1-3H3,(H2,21,22,23). The molecule has 1 fully saturated rings. The molecule has 158 valence electrons. The number of sulfone groups is 1. The van der Waals surface area contributed by atoms with E-state index in [1.807, 2.05) is 0 Å². The van der Waals surface area contributed by atoms with Crippen LogP contribution in [0.5, 0.6) is 0 Å². The summed E-state index contributed by atoms with van der Waals surface area (Å²) in [5.74, 6) is 1.13. The number of nitrogens with one attached hydrogen (secondary N) is 2. The number of rotatable bonds is 9. The third-order valence-electron chi connectivity index (χ3n) is 4.74. The van der Waals surface area contributed by atoms with Crippen LogP contribution in [0.3, 0.4) is 0 Å². The SMILES string of the molecule is CN=C(NCCOCCS(C)(=O)=O)NCC1CCCOC1c1ccc(C)cc1. The third-order valence-corrected chi connectivity index (χ3v) is 5.65. The van der Waals surface area contributed by atoms with Crippen molar-refractivity contribution in [1.29, 1.82) is 0 Å². The van der Waals surface area contributed by atoms with E-state index in [4.69, 9.17) is 9.47 Å². The predicted octanol–water partition coefficient (Wildman–Crippen LogP) is 1.69. The van der Waals surface area contributed by atoms with Gasteiger partial charge >= 0.3 is 0 Å². The molecule has 2 unspecified atom stereocenters. The monoisotopic (exact) mass is 411 g/mol. The van der Waals surface area contributed by atoms with Gasteiger partial charge in [0.15, 0.2) is 5.96 Å². The second-order valence-corrected chi connectivity index (χ2v) is 9.49. The lowest BCUT2D eigenvalue weighted by molar-refractivity contribution is -0.0265. The molecule has 1 heterocycles. The molecule has 0 bridgehead atoms. The van der Waals surface area contributed by atoms with Crippen molar-refractivity contribution in [3.8, 4) is 0 Å². The van der Waals surface area contributed by atoms with E-state index in [-0.39, 0.29) is 18.5 Å². The van der Waals surface area contributed by atoms with Crippen molar-refractivity contribution in [3.63, 3.8) is 0 Å². The normalized spacial score (nSPS) is 20.8. The fraction of sp³-hybridized carbons (Fsp3) is 0.650. The number of aryl methyl sites for hydroxylation is 1. The van der Waals surface area contributed by atoms with Crippen LogP contribution in [0, 0.1) is 12.8 Å². The molecule has 1 aliphatic rings. The van der Waals surface area contributed by atoms with Crippen LogP contribution in [-0.2, 0) is 19.3 Å². The highest BCUT2D eigenvalue weighted by Gasteiger charge is 2.27. The first-order valence-corrected chi connectivity index (χ1v) is 11.8.